The molecule has 4 heteroatoms. The SMILES string of the molecule is COC(=O)C1(C(=O)N(C)CCC(C)(C)C)CC1. The van der Waals surface area contributed by atoms with Crippen LogP contribution in [0.3, 0.4) is 0 Å². The molecule has 0 aromatic carbocycles. The van der Waals surface area contributed by atoms with Gasteiger partial charge in [0.15, 0.2) is 0 Å². The van der Waals surface area contributed by atoms with Crippen molar-refractivity contribution in [3.63, 3.8) is 0 Å². The number of methoxy groups -OCH3 is 1. The van der Waals surface area contributed by atoms with Crippen molar-refractivity contribution in [2.45, 2.75) is 40.0 Å². The standard InChI is InChI=1S/C13H23NO3/c1-12(2,3)8-9-14(4)10(15)13(6-7-13)11(16)17-5/h6-9H2,1-5H3. The summed E-state index contributed by atoms with van der Waals surface area (Å²) in [5.41, 5.74) is -0.669. The van der Waals surface area contributed by atoms with Crippen molar-refractivity contribution in [1.29, 1.82) is 0 Å². The van der Waals surface area contributed by atoms with E-state index >= 15 is 0 Å². The second-order valence-electron chi connectivity index (χ2n) is 6.11. The first-order valence-electron chi connectivity index (χ1n) is 6.07. The molecule has 0 heterocycles. The third-order valence-electron chi connectivity index (χ3n) is 3.28. The van der Waals surface area contributed by atoms with Crippen molar-refractivity contribution >= 4 is 11.9 Å². The van der Waals surface area contributed by atoms with Gasteiger partial charge in [-0.15, -0.1) is 0 Å². The molecule has 0 aliphatic heterocycles. The number of hydrogen-bond donors (Lipinski definition) is 0. The van der Waals surface area contributed by atoms with Crippen molar-refractivity contribution in [3.8, 4) is 0 Å². The molecule has 0 saturated heterocycles. The van der Waals surface area contributed by atoms with Crippen LogP contribution in [0.4, 0.5) is 0 Å². The molecule has 1 aliphatic carbocycles. The summed E-state index contributed by atoms with van der Waals surface area (Å²) >= 11 is 0. The Morgan fingerprint density at radius 1 is 1.29 bits per heavy atom. The molecule has 1 amide bonds. The first-order chi connectivity index (χ1) is 7.73. The predicted octanol–water partition coefficient (Wildman–Crippen LogP) is 1.83. The zero-order valence-electron chi connectivity index (χ0n) is 11.5. The van der Waals surface area contributed by atoms with Gasteiger partial charge in [-0.1, -0.05) is 20.8 Å². The van der Waals surface area contributed by atoms with E-state index in [1.807, 2.05) is 0 Å². The summed E-state index contributed by atoms with van der Waals surface area (Å²) in [4.78, 5) is 25.4. The van der Waals surface area contributed by atoms with Crippen molar-refractivity contribution in [2.75, 3.05) is 20.7 Å². The summed E-state index contributed by atoms with van der Waals surface area (Å²) in [6, 6.07) is 0. The van der Waals surface area contributed by atoms with E-state index in [-0.39, 0.29) is 17.3 Å². The first-order valence-corrected chi connectivity index (χ1v) is 6.07. The summed E-state index contributed by atoms with van der Waals surface area (Å²) in [5, 5.41) is 0. The van der Waals surface area contributed by atoms with Crippen LogP contribution >= 0.6 is 0 Å². The van der Waals surface area contributed by atoms with Gasteiger partial charge in [-0.25, -0.2) is 0 Å². The van der Waals surface area contributed by atoms with E-state index in [9.17, 15) is 9.59 Å². The molecular formula is C13H23NO3. The lowest BCUT2D eigenvalue weighted by Gasteiger charge is -2.26. The van der Waals surface area contributed by atoms with E-state index in [2.05, 4.69) is 20.8 Å². The summed E-state index contributed by atoms with van der Waals surface area (Å²) < 4.78 is 4.71. The van der Waals surface area contributed by atoms with Crippen molar-refractivity contribution in [2.24, 2.45) is 10.8 Å². The van der Waals surface area contributed by atoms with Crippen LogP contribution in [0.1, 0.15) is 40.0 Å². The molecule has 0 unspecified atom stereocenters. The zero-order valence-corrected chi connectivity index (χ0v) is 11.5. The minimum Gasteiger partial charge on any atom is -0.468 e. The molecule has 1 fully saturated rings. The van der Waals surface area contributed by atoms with E-state index in [1.54, 1.807) is 11.9 Å². The lowest BCUT2D eigenvalue weighted by atomic mass is 9.92. The topological polar surface area (TPSA) is 46.6 Å². The quantitative estimate of drug-likeness (QED) is 0.557. The maximum absolute atomic E-state index is 12.2. The summed E-state index contributed by atoms with van der Waals surface area (Å²) in [5.74, 6) is -0.473. The molecule has 98 valence electrons. The molecule has 0 atom stereocenters. The Hall–Kier alpha value is -1.06. The van der Waals surface area contributed by atoms with Crippen LogP contribution in [-0.4, -0.2) is 37.5 Å². The summed E-state index contributed by atoms with van der Waals surface area (Å²) in [6.45, 7) is 7.09. The van der Waals surface area contributed by atoms with Gasteiger partial charge in [-0.2, -0.15) is 0 Å². The third-order valence-corrected chi connectivity index (χ3v) is 3.28. The lowest BCUT2D eigenvalue weighted by Crippen LogP contribution is -2.40. The average molecular weight is 241 g/mol. The minimum absolute atomic E-state index is 0.0893. The summed E-state index contributed by atoms with van der Waals surface area (Å²) in [6.07, 6.45) is 2.17. The number of hydrogen-bond acceptors (Lipinski definition) is 3. The van der Waals surface area contributed by atoms with Crippen LogP contribution in [0, 0.1) is 10.8 Å². The van der Waals surface area contributed by atoms with Gasteiger partial charge in [0.25, 0.3) is 0 Å². The maximum atomic E-state index is 12.2. The summed E-state index contributed by atoms with van der Waals surface area (Å²) in [7, 11) is 3.10. The van der Waals surface area contributed by atoms with Crippen LogP contribution in [0.25, 0.3) is 0 Å². The molecule has 17 heavy (non-hydrogen) atoms. The van der Waals surface area contributed by atoms with Gasteiger partial charge in [-0.05, 0) is 24.7 Å². The lowest BCUT2D eigenvalue weighted by molar-refractivity contribution is -0.155. The zero-order chi connectivity index (χ0) is 13.3. The third kappa shape index (κ3) is 3.20. The van der Waals surface area contributed by atoms with Gasteiger partial charge >= 0.3 is 5.97 Å². The molecule has 0 aromatic heterocycles. The number of carbonyl (C=O) groups excluding carboxylic acids is 2. The highest BCUT2D eigenvalue weighted by Gasteiger charge is 2.58. The van der Waals surface area contributed by atoms with Gasteiger partial charge in [0.1, 0.15) is 5.41 Å². The van der Waals surface area contributed by atoms with Crippen LogP contribution < -0.4 is 0 Å². The van der Waals surface area contributed by atoms with Gasteiger partial charge < -0.3 is 9.64 Å². The largest absolute Gasteiger partial charge is 0.468 e. The Morgan fingerprint density at radius 2 is 1.82 bits per heavy atom. The fourth-order valence-corrected chi connectivity index (χ4v) is 1.80. The Balaban J connectivity index is 2.56. The normalized spacial score (nSPS) is 17.5. The molecule has 0 N–H and O–H groups in total. The monoisotopic (exact) mass is 241 g/mol. The van der Waals surface area contributed by atoms with Crippen LogP contribution in [0.5, 0.6) is 0 Å². The van der Waals surface area contributed by atoms with Gasteiger partial charge in [-0.3, -0.25) is 9.59 Å². The molecular weight excluding hydrogens is 218 g/mol. The highest BCUT2D eigenvalue weighted by atomic mass is 16.5. The molecule has 1 rings (SSSR count). The van der Waals surface area contributed by atoms with E-state index in [0.717, 1.165) is 6.42 Å². The van der Waals surface area contributed by atoms with Crippen LogP contribution in [0.2, 0.25) is 0 Å². The van der Waals surface area contributed by atoms with E-state index in [1.165, 1.54) is 7.11 Å². The Morgan fingerprint density at radius 3 is 2.18 bits per heavy atom. The van der Waals surface area contributed by atoms with Crippen molar-refractivity contribution < 1.29 is 14.3 Å². The predicted molar refractivity (Wildman–Crippen MR) is 65.4 cm³/mol. The molecule has 0 aromatic rings. The fraction of sp³-hybridized carbons (Fsp3) is 0.846. The Bertz CT molecular complexity index is 313. The average Bonchev–Trinajstić information content (AvgIpc) is 3.03. The minimum atomic E-state index is -0.860. The van der Waals surface area contributed by atoms with Gasteiger partial charge in [0.2, 0.25) is 5.91 Å². The van der Waals surface area contributed by atoms with Crippen LogP contribution in [0.15, 0.2) is 0 Å². The molecule has 0 bridgehead atoms. The Kier molecular flexibility index (Phi) is 3.84. The number of ether oxygens (including phenoxy) is 1. The number of amides is 1. The number of rotatable bonds is 4. The number of nitrogens with zero attached hydrogens (tertiary/aromatic N) is 1. The second kappa shape index (κ2) is 4.67. The highest BCUT2D eigenvalue weighted by molar-refractivity contribution is 6.05. The highest BCUT2D eigenvalue weighted by Crippen LogP contribution is 2.48. The molecule has 1 aliphatic rings. The first kappa shape index (κ1) is 14.0. The number of carbonyl (C=O) groups is 2. The molecule has 0 spiro atoms. The van der Waals surface area contributed by atoms with Crippen molar-refractivity contribution in [1.82, 2.24) is 4.90 Å². The number of esters is 1. The smallest absolute Gasteiger partial charge is 0.321 e. The Labute approximate surface area is 103 Å². The van der Waals surface area contributed by atoms with E-state index in [0.29, 0.717) is 19.4 Å². The van der Waals surface area contributed by atoms with E-state index < -0.39 is 5.41 Å². The van der Waals surface area contributed by atoms with Crippen LogP contribution in [-0.2, 0) is 14.3 Å². The molecule has 4 nitrogen and oxygen atoms in total. The fourth-order valence-electron chi connectivity index (χ4n) is 1.80. The van der Waals surface area contributed by atoms with Gasteiger partial charge in [0.05, 0.1) is 7.11 Å². The molecule has 1 saturated carbocycles. The second-order valence-corrected chi connectivity index (χ2v) is 6.11. The maximum Gasteiger partial charge on any atom is 0.321 e. The van der Waals surface area contributed by atoms with Crippen molar-refractivity contribution in [3.05, 3.63) is 0 Å². The van der Waals surface area contributed by atoms with Gasteiger partial charge in [0, 0.05) is 13.6 Å². The molecule has 0 radical (unpaired) electrons. The van der Waals surface area contributed by atoms with E-state index in [4.69, 9.17) is 4.74 Å².